The van der Waals surface area contributed by atoms with Crippen LogP contribution < -0.4 is 5.32 Å². The number of benzene rings is 1. The van der Waals surface area contributed by atoms with Crippen LogP contribution in [0.1, 0.15) is 30.5 Å². The number of hydrogen-bond donors (Lipinski definition) is 1. The fourth-order valence-corrected chi connectivity index (χ4v) is 2.93. The van der Waals surface area contributed by atoms with Crippen LogP contribution in [-0.4, -0.2) is 23.9 Å². The molecule has 3 heteroatoms. The number of rotatable bonds is 4. The Kier molecular flexibility index (Phi) is 4.32. The number of nitrogens with one attached hydrogen (secondary N) is 1. The van der Waals surface area contributed by atoms with E-state index in [-0.39, 0.29) is 11.8 Å². The summed E-state index contributed by atoms with van der Waals surface area (Å²) in [4.78, 5) is 14.1. The number of fused-ring (bicyclic) bond motifs is 1. The first-order valence-electron chi connectivity index (χ1n) is 8.15. The van der Waals surface area contributed by atoms with Crippen LogP contribution in [-0.2, 0) is 24.2 Å². The average Bonchev–Trinajstić information content (AvgIpc) is 2.65. The monoisotopic (exact) mass is 296 g/mol. The Bertz CT molecular complexity index is 628. The van der Waals surface area contributed by atoms with Crippen molar-refractivity contribution in [2.24, 2.45) is 5.92 Å². The Balaban J connectivity index is 1.64. The molecule has 1 aliphatic carbocycles. The van der Waals surface area contributed by atoms with Gasteiger partial charge in [-0.2, -0.15) is 0 Å². The molecule has 0 atom stereocenters. The zero-order chi connectivity index (χ0) is 15.5. The first-order chi connectivity index (χ1) is 10.6. The van der Waals surface area contributed by atoms with Crippen LogP contribution in [0.4, 0.5) is 0 Å². The molecule has 0 spiro atoms. The number of nitrogens with zero attached hydrogens (tertiary/aromatic N) is 1. The standard InChI is InChI=1S/C19H24N2O/c1-14(2)19(22)20-13-15-6-7-16-8-10-21(18-4-3-5-18)11-9-17(16)12-15/h3-7,12,14H,8-11,13H2,1-2H3,(H,20,22). The van der Waals surface area contributed by atoms with Gasteiger partial charge >= 0.3 is 0 Å². The molecule has 1 aromatic rings. The summed E-state index contributed by atoms with van der Waals surface area (Å²) in [6, 6.07) is 6.66. The average molecular weight is 296 g/mol. The van der Waals surface area contributed by atoms with Crippen LogP contribution in [0.2, 0.25) is 0 Å². The van der Waals surface area contributed by atoms with E-state index in [9.17, 15) is 4.79 Å². The van der Waals surface area contributed by atoms with Crippen molar-refractivity contribution >= 4 is 5.91 Å². The van der Waals surface area contributed by atoms with Crippen molar-refractivity contribution in [1.29, 1.82) is 0 Å². The topological polar surface area (TPSA) is 32.3 Å². The molecule has 0 saturated heterocycles. The molecule has 116 valence electrons. The molecule has 0 radical (unpaired) electrons. The first kappa shape index (κ1) is 14.9. The number of amides is 1. The summed E-state index contributed by atoms with van der Waals surface area (Å²) in [7, 11) is 0. The van der Waals surface area contributed by atoms with Gasteiger partial charge in [-0.3, -0.25) is 4.79 Å². The normalized spacial score (nSPS) is 16.7. The predicted molar refractivity (Wildman–Crippen MR) is 89.3 cm³/mol. The lowest BCUT2D eigenvalue weighted by Gasteiger charge is -2.26. The fraction of sp³-hybridized carbons (Fsp3) is 0.421. The quantitative estimate of drug-likeness (QED) is 0.926. The molecule has 3 nitrogen and oxygen atoms in total. The van der Waals surface area contributed by atoms with E-state index in [1.54, 1.807) is 0 Å². The van der Waals surface area contributed by atoms with Crippen molar-refractivity contribution in [3.63, 3.8) is 0 Å². The number of hydrogen-bond acceptors (Lipinski definition) is 2. The summed E-state index contributed by atoms with van der Waals surface area (Å²) in [6.45, 7) is 6.63. The highest BCUT2D eigenvalue weighted by Crippen LogP contribution is 2.22. The summed E-state index contributed by atoms with van der Waals surface area (Å²) in [6.07, 6.45) is 8.64. The Morgan fingerprint density at radius 2 is 1.95 bits per heavy atom. The van der Waals surface area contributed by atoms with Crippen LogP contribution >= 0.6 is 0 Å². The Morgan fingerprint density at radius 1 is 1.23 bits per heavy atom. The van der Waals surface area contributed by atoms with E-state index in [0.717, 1.165) is 25.9 Å². The van der Waals surface area contributed by atoms with Gasteiger partial charge in [0.15, 0.2) is 0 Å². The molecule has 1 aliphatic heterocycles. The van der Waals surface area contributed by atoms with Crippen molar-refractivity contribution in [2.75, 3.05) is 13.1 Å². The number of carbonyl (C=O) groups is 1. The molecular formula is C19H24N2O. The van der Waals surface area contributed by atoms with E-state index in [1.165, 1.54) is 22.4 Å². The van der Waals surface area contributed by atoms with E-state index in [0.29, 0.717) is 6.54 Å². The molecule has 0 saturated carbocycles. The van der Waals surface area contributed by atoms with Crippen LogP contribution in [0.5, 0.6) is 0 Å². The minimum atomic E-state index is 0.0400. The summed E-state index contributed by atoms with van der Waals surface area (Å²) in [5.74, 6) is 0.156. The lowest BCUT2D eigenvalue weighted by atomic mass is 10.00. The summed E-state index contributed by atoms with van der Waals surface area (Å²) < 4.78 is 0. The zero-order valence-corrected chi connectivity index (χ0v) is 13.4. The maximum absolute atomic E-state index is 11.7. The maximum Gasteiger partial charge on any atom is 0.222 e. The van der Waals surface area contributed by atoms with Gasteiger partial charge in [0.25, 0.3) is 0 Å². The third kappa shape index (κ3) is 3.24. The summed E-state index contributed by atoms with van der Waals surface area (Å²) in [5, 5.41) is 3.00. The lowest BCUT2D eigenvalue weighted by Crippen LogP contribution is -2.27. The van der Waals surface area contributed by atoms with Gasteiger partial charge in [-0.15, -0.1) is 0 Å². The third-order valence-corrected chi connectivity index (χ3v) is 4.46. The molecule has 1 amide bonds. The van der Waals surface area contributed by atoms with Crippen LogP contribution in [0, 0.1) is 5.92 Å². The van der Waals surface area contributed by atoms with E-state index < -0.39 is 0 Å². The van der Waals surface area contributed by atoms with E-state index in [2.05, 4.69) is 46.6 Å². The third-order valence-electron chi connectivity index (χ3n) is 4.46. The second-order valence-corrected chi connectivity index (χ2v) is 6.41. The van der Waals surface area contributed by atoms with Crippen molar-refractivity contribution in [1.82, 2.24) is 10.2 Å². The molecule has 22 heavy (non-hydrogen) atoms. The van der Waals surface area contributed by atoms with Gasteiger partial charge in [-0.05, 0) is 41.7 Å². The van der Waals surface area contributed by atoms with Crippen molar-refractivity contribution in [3.8, 4) is 0 Å². The van der Waals surface area contributed by atoms with Gasteiger partial charge in [0, 0.05) is 31.2 Å². The van der Waals surface area contributed by atoms with Crippen molar-refractivity contribution in [3.05, 3.63) is 58.8 Å². The highest BCUT2D eigenvalue weighted by Gasteiger charge is 2.16. The predicted octanol–water partition coefficient (Wildman–Crippen LogP) is 2.81. The van der Waals surface area contributed by atoms with Gasteiger partial charge in [0.05, 0.1) is 0 Å². The Labute approximate surface area is 132 Å². The molecule has 0 aromatic heterocycles. The second-order valence-electron chi connectivity index (χ2n) is 6.41. The van der Waals surface area contributed by atoms with Gasteiger partial charge < -0.3 is 10.2 Å². The number of allylic oxidation sites excluding steroid dienone is 3. The van der Waals surface area contributed by atoms with Gasteiger partial charge in [-0.25, -0.2) is 0 Å². The fourth-order valence-electron chi connectivity index (χ4n) is 2.93. The summed E-state index contributed by atoms with van der Waals surface area (Å²) >= 11 is 0. The van der Waals surface area contributed by atoms with Crippen molar-refractivity contribution in [2.45, 2.75) is 33.2 Å². The van der Waals surface area contributed by atoms with E-state index >= 15 is 0 Å². The smallest absolute Gasteiger partial charge is 0.222 e. The van der Waals surface area contributed by atoms with E-state index in [1.807, 2.05) is 13.8 Å². The molecule has 0 unspecified atom stereocenters. The SMILES string of the molecule is CC(C)C(=O)NCc1ccc2c(c1)CCN(C1=CC=C1)CC2. The molecule has 1 heterocycles. The largest absolute Gasteiger partial charge is 0.371 e. The summed E-state index contributed by atoms with van der Waals surface area (Å²) in [5.41, 5.74) is 5.44. The second kappa shape index (κ2) is 6.39. The highest BCUT2D eigenvalue weighted by atomic mass is 16.1. The molecule has 2 aliphatic rings. The lowest BCUT2D eigenvalue weighted by molar-refractivity contribution is -0.124. The van der Waals surface area contributed by atoms with Crippen LogP contribution in [0.3, 0.4) is 0 Å². The van der Waals surface area contributed by atoms with Gasteiger partial charge in [-0.1, -0.05) is 38.1 Å². The minimum Gasteiger partial charge on any atom is -0.371 e. The Morgan fingerprint density at radius 3 is 2.59 bits per heavy atom. The van der Waals surface area contributed by atoms with E-state index in [4.69, 9.17) is 0 Å². The molecule has 0 fully saturated rings. The van der Waals surface area contributed by atoms with Crippen LogP contribution in [0.25, 0.3) is 0 Å². The maximum atomic E-state index is 11.7. The highest BCUT2D eigenvalue weighted by molar-refractivity contribution is 5.77. The number of carbonyl (C=O) groups excluding carboxylic acids is 1. The Hall–Kier alpha value is -2.03. The molecule has 3 rings (SSSR count). The zero-order valence-electron chi connectivity index (χ0n) is 13.4. The van der Waals surface area contributed by atoms with Crippen LogP contribution in [0.15, 0.2) is 42.1 Å². The van der Waals surface area contributed by atoms with Gasteiger partial charge in [0.2, 0.25) is 5.91 Å². The van der Waals surface area contributed by atoms with Gasteiger partial charge in [0.1, 0.15) is 0 Å². The first-order valence-corrected chi connectivity index (χ1v) is 8.15. The van der Waals surface area contributed by atoms with Crippen molar-refractivity contribution < 1.29 is 4.79 Å². The molecule has 1 aromatic carbocycles. The molecule has 1 N–H and O–H groups in total. The minimum absolute atomic E-state index is 0.0400. The molecule has 0 bridgehead atoms. The molecular weight excluding hydrogens is 272 g/mol.